The highest BCUT2D eigenvalue weighted by atomic mass is 16.5. The van der Waals surface area contributed by atoms with Gasteiger partial charge in [0.15, 0.2) is 0 Å². The first-order valence-corrected chi connectivity index (χ1v) is 5.92. The lowest BCUT2D eigenvalue weighted by molar-refractivity contribution is -0.140. The van der Waals surface area contributed by atoms with Crippen molar-refractivity contribution in [2.75, 3.05) is 25.6 Å². The van der Waals surface area contributed by atoms with Crippen LogP contribution in [0.25, 0.3) is 11.0 Å². The van der Waals surface area contributed by atoms with Gasteiger partial charge in [-0.1, -0.05) is 0 Å². The van der Waals surface area contributed by atoms with Crippen LogP contribution in [-0.2, 0) is 9.53 Å². The zero-order valence-corrected chi connectivity index (χ0v) is 10.6. The van der Waals surface area contributed by atoms with Crippen LogP contribution in [-0.4, -0.2) is 36.6 Å². The quantitative estimate of drug-likeness (QED) is 0.820. The maximum Gasteiger partial charge on any atom is 0.305 e. The Morgan fingerprint density at radius 3 is 3.11 bits per heavy atom. The minimum atomic E-state index is -0.160. The third-order valence-corrected chi connectivity index (χ3v) is 2.95. The summed E-state index contributed by atoms with van der Waals surface area (Å²) in [6, 6.07) is 6.07. The summed E-state index contributed by atoms with van der Waals surface area (Å²) < 4.78 is 4.61. The van der Waals surface area contributed by atoms with Crippen LogP contribution in [0.1, 0.15) is 12.8 Å². The van der Waals surface area contributed by atoms with Gasteiger partial charge < -0.3 is 14.6 Å². The number of imidazole rings is 1. The van der Waals surface area contributed by atoms with Crippen molar-refractivity contribution in [1.82, 2.24) is 9.97 Å². The molecule has 18 heavy (non-hydrogen) atoms. The number of aromatic amines is 1. The molecular formula is C13H17N3O2. The molecule has 0 aliphatic heterocycles. The number of hydrogen-bond donors (Lipinski definition) is 1. The van der Waals surface area contributed by atoms with Gasteiger partial charge in [-0.3, -0.25) is 4.79 Å². The smallest absolute Gasteiger partial charge is 0.305 e. The van der Waals surface area contributed by atoms with Crippen molar-refractivity contribution in [2.45, 2.75) is 12.8 Å². The van der Waals surface area contributed by atoms with Gasteiger partial charge in [0.25, 0.3) is 0 Å². The molecule has 0 saturated carbocycles. The summed E-state index contributed by atoms with van der Waals surface area (Å²) in [6.07, 6.45) is 2.92. The number of carbonyl (C=O) groups is 1. The van der Waals surface area contributed by atoms with Crippen molar-refractivity contribution in [3.8, 4) is 0 Å². The van der Waals surface area contributed by atoms with Crippen molar-refractivity contribution in [3.63, 3.8) is 0 Å². The van der Waals surface area contributed by atoms with Crippen LogP contribution in [0.3, 0.4) is 0 Å². The lowest BCUT2D eigenvalue weighted by atomic mass is 10.2. The number of methoxy groups -OCH3 is 1. The highest BCUT2D eigenvalue weighted by Crippen LogP contribution is 2.18. The molecule has 0 aliphatic rings. The molecule has 1 aromatic heterocycles. The van der Waals surface area contributed by atoms with Gasteiger partial charge in [0.2, 0.25) is 0 Å². The van der Waals surface area contributed by atoms with E-state index >= 15 is 0 Å². The minimum Gasteiger partial charge on any atom is -0.469 e. The molecule has 0 unspecified atom stereocenters. The second kappa shape index (κ2) is 5.53. The number of rotatable bonds is 5. The molecular weight excluding hydrogens is 230 g/mol. The summed E-state index contributed by atoms with van der Waals surface area (Å²) in [5, 5.41) is 0. The van der Waals surface area contributed by atoms with Gasteiger partial charge in [0.05, 0.1) is 24.5 Å². The van der Waals surface area contributed by atoms with Gasteiger partial charge in [-0.05, 0) is 24.6 Å². The average molecular weight is 247 g/mol. The van der Waals surface area contributed by atoms with Crippen molar-refractivity contribution in [1.29, 1.82) is 0 Å². The summed E-state index contributed by atoms with van der Waals surface area (Å²) in [4.78, 5) is 20.4. The van der Waals surface area contributed by atoms with Gasteiger partial charge in [-0.2, -0.15) is 0 Å². The number of nitrogens with zero attached hydrogens (tertiary/aromatic N) is 2. The minimum absolute atomic E-state index is 0.160. The Kier molecular flexibility index (Phi) is 3.82. The third kappa shape index (κ3) is 2.80. The van der Waals surface area contributed by atoms with Crippen LogP contribution in [0.15, 0.2) is 24.5 Å². The lowest BCUT2D eigenvalue weighted by Crippen LogP contribution is -2.19. The monoisotopic (exact) mass is 247 g/mol. The summed E-state index contributed by atoms with van der Waals surface area (Å²) in [6.45, 7) is 0.814. The average Bonchev–Trinajstić information content (AvgIpc) is 2.85. The van der Waals surface area contributed by atoms with E-state index in [0.717, 1.165) is 29.7 Å². The van der Waals surface area contributed by atoms with E-state index in [0.29, 0.717) is 6.42 Å². The second-order valence-corrected chi connectivity index (χ2v) is 4.21. The van der Waals surface area contributed by atoms with E-state index in [1.165, 1.54) is 7.11 Å². The van der Waals surface area contributed by atoms with Crippen LogP contribution < -0.4 is 4.90 Å². The zero-order valence-electron chi connectivity index (χ0n) is 10.6. The molecule has 0 atom stereocenters. The predicted octanol–water partition coefficient (Wildman–Crippen LogP) is 1.95. The molecule has 0 bridgehead atoms. The molecule has 0 saturated heterocycles. The van der Waals surface area contributed by atoms with Crippen LogP contribution in [0.2, 0.25) is 0 Å². The van der Waals surface area contributed by atoms with E-state index in [-0.39, 0.29) is 5.97 Å². The number of carbonyl (C=O) groups excluding carboxylic acids is 1. The number of H-pyrrole nitrogens is 1. The molecule has 1 heterocycles. The molecule has 0 aliphatic carbocycles. The molecule has 5 heteroatoms. The van der Waals surface area contributed by atoms with Gasteiger partial charge in [0, 0.05) is 25.7 Å². The van der Waals surface area contributed by atoms with E-state index < -0.39 is 0 Å². The third-order valence-electron chi connectivity index (χ3n) is 2.95. The number of fused-ring (bicyclic) bond motifs is 1. The number of nitrogens with one attached hydrogen (secondary N) is 1. The van der Waals surface area contributed by atoms with Gasteiger partial charge in [-0.25, -0.2) is 4.98 Å². The molecule has 1 N–H and O–H groups in total. The maximum absolute atomic E-state index is 11.0. The second-order valence-electron chi connectivity index (χ2n) is 4.21. The van der Waals surface area contributed by atoms with E-state index in [2.05, 4.69) is 25.7 Å². The molecule has 96 valence electrons. The summed E-state index contributed by atoms with van der Waals surface area (Å²) >= 11 is 0. The van der Waals surface area contributed by atoms with Crippen molar-refractivity contribution < 1.29 is 9.53 Å². The standard InChI is InChI=1S/C13H17N3O2/c1-16(7-3-4-13(17)18-2)10-5-6-11-12(8-10)15-9-14-11/h5-6,8-9H,3-4,7H2,1-2H3,(H,14,15). The number of aromatic nitrogens is 2. The number of esters is 1. The Hall–Kier alpha value is -2.04. The van der Waals surface area contributed by atoms with E-state index in [1.54, 1.807) is 6.33 Å². The molecule has 5 nitrogen and oxygen atoms in total. The van der Waals surface area contributed by atoms with Crippen LogP contribution in [0.5, 0.6) is 0 Å². The van der Waals surface area contributed by atoms with E-state index in [4.69, 9.17) is 0 Å². The topological polar surface area (TPSA) is 58.2 Å². The number of anilines is 1. The SMILES string of the molecule is COC(=O)CCCN(C)c1ccc2nc[nH]c2c1. The summed E-state index contributed by atoms with van der Waals surface area (Å²) in [7, 11) is 3.42. The van der Waals surface area contributed by atoms with E-state index in [1.807, 2.05) is 19.2 Å². The fourth-order valence-corrected chi connectivity index (χ4v) is 1.85. The van der Waals surface area contributed by atoms with Crippen molar-refractivity contribution in [3.05, 3.63) is 24.5 Å². The first-order valence-electron chi connectivity index (χ1n) is 5.92. The number of ether oxygens (including phenoxy) is 1. The zero-order chi connectivity index (χ0) is 13.0. The van der Waals surface area contributed by atoms with Crippen LogP contribution in [0, 0.1) is 0 Å². The molecule has 2 aromatic rings. The van der Waals surface area contributed by atoms with Gasteiger partial charge in [0.1, 0.15) is 0 Å². The van der Waals surface area contributed by atoms with Crippen molar-refractivity contribution >= 4 is 22.7 Å². The fraction of sp³-hybridized carbons (Fsp3) is 0.385. The highest BCUT2D eigenvalue weighted by molar-refractivity contribution is 5.79. The Labute approximate surface area is 106 Å². The number of hydrogen-bond acceptors (Lipinski definition) is 4. The predicted molar refractivity (Wildman–Crippen MR) is 70.6 cm³/mol. The first-order chi connectivity index (χ1) is 8.70. The Morgan fingerprint density at radius 1 is 1.50 bits per heavy atom. The maximum atomic E-state index is 11.0. The van der Waals surface area contributed by atoms with E-state index in [9.17, 15) is 4.79 Å². The summed E-state index contributed by atoms with van der Waals surface area (Å²) in [5.74, 6) is -0.160. The molecule has 0 fully saturated rings. The van der Waals surface area contributed by atoms with Gasteiger partial charge in [-0.15, -0.1) is 0 Å². The highest BCUT2D eigenvalue weighted by Gasteiger charge is 2.05. The Morgan fingerprint density at radius 2 is 2.33 bits per heavy atom. The van der Waals surface area contributed by atoms with Crippen LogP contribution in [0.4, 0.5) is 5.69 Å². The largest absolute Gasteiger partial charge is 0.469 e. The van der Waals surface area contributed by atoms with Gasteiger partial charge >= 0.3 is 5.97 Å². The summed E-state index contributed by atoms with van der Waals surface area (Å²) in [5.41, 5.74) is 3.09. The Balaban J connectivity index is 1.95. The molecule has 0 spiro atoms. The molecule has 0 radical (unpaired) electrons. The van der Waals surface area contributed by atoms with Crippen LogP contribution >= 0.6 is 0 Å². The molecule has 2 rings (SSSR count). The fourth-order valence-electron chi connectivity index (χ4n) is 1.85. The van der Waals surface area contributed by atoms with Crippen molar-refractivity contribution in [2.24, 2.45) is 0 Å². The molecule has 0 amide bonds. The number of benzene rings is 1. The normalized spacial score (nSPS) is 10.6. The lowest BCUT2D eigenvalue weighted by Gasteiger charge is -2.18. The first kappa shape index (κ1) is 12.4. The molecule has 1 aromatic carbocycles. The Bertz CT molecular complexity index is 536.